The average Bonchev–Trinajstić information content (AvgIpc) is 2.96. The van der Waals surface area contributed by atoms with Crippen molar-refractivity contribution < 1.29 is 4.79 Å². The van der Waals surface area contributed by atoms with Crippen LogP contribution in [-0.4, -0.2) is 50.3 Å². The van der Waals surface area contributed by atoms with Crippen molar-refractivity contribution in [1.82, 2.24) is 19.7 Å². The van der Waals surface area contributed by atoms with Crippen LogP contribution in [0.5, 0.6) is 0 Å². The number of carbonyl (C=O) groups excluding carboxylic acids is 1. The first-order valence-corrected chi connectivity index (χ1v) is 7.86. The molecule has 1 fully saturated rings. The molecule has 19 heavy (non-hydrogen) atoms. The SMILES string of the molecule is CCN1CCC[C@H]1Cn1c(C)nnc1SCC(C)=O. The first kappa shape index (κ1) is 14.5. The van der Waals surface area contributed by atoms with Gasteiger partial charge >= 0.3 is 0 Å². The maximum Gasteiger partial charge on any atom is 0.191 e. The van der Waals surface area contributed by atoms with Crippen molar-refractivity contribution in [1.29, 1.82) is 0 Å². The van der Waals surface area contributed by atoms with Crippen molar-refractivity contribution in [3.8, 4) is 0 Å². The van der Waals surface area contributed by atoms with Gasteiger partial charge in [0.15, 0.2) is 5.16 Å². The summed E-state index contributed by atoms with van der Waals surface area (Å²) in [4.78, 5) is 13.6. The minimum absolute atomic E-state index is 0.174. The Bertz CT molecular complexity index is 446. The second-order valence-corrected chi connectivity index (χ2v) is 6.00. The molecule has 2 rings (SSSR count). The molecular weight excluding hydrogens is 260 g/mol. The Kier molecular flexibility index (Phi) is 4.99. The number of hydrogen-bond acceptors (Lipinski definition) is 5. The van der Waals surface area contributed by atoms with Crippen LogP contribution in [0, 0.1) is 6.92 Å². The molecule has 2 heterocycles. The van der Waals surface area contributed by atoms with E-state index in [-0.39, 0.29) is 5.78 Å². The summed E-state index contributed by atoms with van der Waals surface area (Å²) in [5.41, 5.74) is 0. The van der Waals surface area contributed by atoms with Crippen LogP contribution in [0.2, 0.25) is 0 Å². The number of rotatable bonds is 6. The van der Waals surface area contributed by atoms with Crippen molar-refractivity contribution in [3.05, 3.63) is 5.82 Å². The van der Waals surface area contributed by atoms with Crippen LogP contribution in [0.15, 0.2) is 5.16 Å². The molecule has 0 N–H and O–H groups in total. The molecular formula is C13H22N4OS. The van der Waals surface area contributed by atoms with Gasteiger partial charge in [0.25, 0.3) is 0 Å². The van der Waals surface area contributed by atoms with E-state index in [0.717, 1.165) is 24.1 Å². The molecule has 6 heteroatoms. The molecule has 1 aromatic rings. The van der Waals surface area contributed by atoms with E-state index in [4.69, 9.17) is 0 Å². The fourth-order valence-electron chi connectivity index (χ4n) is 2.57. The Labute approximate surface area is 118 Å². The van der Waals surface area contributed by atoms with Crippen molar-refractivity contribution in [2.75, 3.05) is 18.8 Å². The summed E-state index contributed by atoms with van der Waals surface area (Å²) in [7, 11) is 0. The molecule has 5 nitrogen and oxygen atoms in total. The minimum Gasteiger partial charge on any atom is -0.305 e. The van der Waals surface area contributed by atoms with E-state index in [1.807, 2.05) is 6.92 Å². The number of Topliss-reactive ketones (excluding diaryl/α,β-unsaturated/α-hetero) is 1. The van der Waals surface area contributed by atoms with E-state index >= 15 is 0 Å². The summed E-state index contributed by atoms with van der Waals surface area (Å²) in [6.07, 6.45) is 2.51. The lowest BCUT2D eigenvalue weighted by atomic mass is 10.2. The van der Waals surface area contributed by atoms with E-state index in [9.17, 15) is 4.79 Å². The predicted octanol–water partition coefficient (Wildman–Crippen LogP) is 1.75. The van der Waals surface area contributed by atoms with E-state index in [1.54, 1.807) is 6.92 Å². The number of likely N-dealkylation sites (tertiary alicyclic amines) is 1. The van der Waals surface area contributed by atoms with Crippen molar-refractivity contribution in [2.24, 2.45) is 0 Å². The lowest BCUT2D eigenvalue weighted by Gasteiger charge is -2.23. The van der Waals surface area contributed by atoms with Gasteiger partial charge in [-0.25, -0.2) is 0 Å². The number of carbonyl (C=O) groups is 1. The molecule has 1 aliphatic heterocycles. The maximum absolute atomic E-state index is 11.1. The summed E-state index contributed by atoms with van der Waals surface area (Å²) in [6, 6.07) is 0.580. The molecule has 0 bridgehead atoms. The zero-order valence-corrected chi connectivity index (χ0v) is 12.7. The van der Waals surface area contributed by atoms with Gasteiger partial charge in [-0.1, -0.05) is 18.7 Å². The van der Waals surface area contributed by atoms with Gasteiger partial charge in [0.2, 0.25) is 0 Å². The van der Waals surface area contributed by atoms with Crippen molar-refractivity contribution in [3.63, 3.8) is 0 Å². The number of likely N-dealkylation sites (N-methyl/N-ethyl adjacent to an activating group) is 1. The van der Waals surface area contributed by atoms with Crippen LogP contribution < -0.4 is 0 Å². The normalized spacial score (nSPS) is 20.1. The Morgan fingerprint density at radius 3 is 2.95 bits per heavy atom. The number of aryl methyl sites for hydroxylation is 1. The second-order valence-electron chi connectivity index (χ2n) is 5.06. The monoisotopic (exact) mass is 282 g/mol. The van der Waals surface area contributed by atoms with E-state index in [1.165, 1.54) is 31.1 Å². The fraction of sp³-hybridized carbons (Fsp3) is 0.769. The summed E-state index contributed by atoms with van der Waals surface area (Å²) < 4.78 is 2.16. The molecule has 1 aliphatic rings. The second kappa shape index (κ2) is 6.52. The van der Waals surface area contributed by atoms with Gasteiger partial charge in [-0.05, 0) is 39.8 Å². The molecule has 0 aromatic carbocycles. The third-order valence-electron chi connectivity index (χ3n) is 3.60. The van der Waals surface area contributed by atoms with Gasteiger partial charge < -0.3 is 4.57 Å². The zero-order valence-electron chi connectivity index (χ0n) is 11.9. The van der Waals surface area contributed by atoms with Crippen molar-refractivity contribution in [2.45, 2.75) is 51.4 Å². The molecule has 1 aromatic heterocycles. The lowest BCUT2D eigenvalue weighted by molar-refractivity contribution is -0.114. The molecule has 1 atom stereocenters. The zero-order chi connectivity index (χ0) is 13.8. The Balaban J connectivity index is 2.06. The van der Waals surface area contributed by atoms with Gasteiger partial charge in [-0.3, -0.25) is 9.69 Å². The van der Waals surface area contributed by atoms with E-state index in [2.05, 4.69) is 26.6 Å². The van der Waals surface area contributed by atoms with E-state index < -0.39 is 0 Å². The van der Waals surface area contributed by atoms with Crippen LogP contribution in [0.25, 0.3) is 0 Å². The number of aromatic nitrogens is 3. The fourth-order valence-corrected chi connectivity index (χ4v) is 3.37. The van der Waals surface area contributed by atoms with Gasteiger partial charge in [0.05, 0.1) is 5.75 Å². The standard InChI is InChI=1S/C13H22N4OS/c1-4-16-7-5-6-12(16)8-17-11(3)14-15-13(17)19-9-10(2)18/h12H,4-9H2,1-3H3/t12-/m0/s1. The van der Waals surface area contributed by atoms with Gasteiger partial charge in [0.1, 0.15) is 11.6 Å². The first-order valence-electron chi connectivity index (χ1n) is 6.88. The van der Waals surface area contributed by atoms with Gasteiger partial charge in [0, 0.05) is 12.6 Å². The topological polar surface area (TPSA) is 51.0 Å². The highest BCUT2D eigenvalue weighted by Crippen LogP contribution is 2.22. The van der Waals surface area contributed by atoms with Crippen LogP contribution >= 0.6 is 11.8 Å². The quantitative estimate of drug-likeness (QED) is 0.744. The predicted molar refractivity (Wildman–Crippen MR) is 76.4 cm³/mol. The summed E-state index contributed by atoms with van der Waals surface area (Å²) in [5.74, 6) is 1.59. The number of hydrogen-bond donors (Lipinski definition) is 0. The molecule has 0 amide bonds. The van der Waals surface area contributed by atoms with Crippen LogP contribution in [0.1, 0.15) is 32.5 Å². The molecule has 1 saturated heterocycles. The number of nitrogens with zero attached hydrogens (tertiary/aromatic N) is 4. The molecule has 0 saturated carbocycles. The molecule has 106 valence electrons. The highest BCUT2D eigenvalue weighted by Gasteiger charge is 2.25. The summed E-state index contributed by atoms with van der Waals surface area (Å²) >= 11 is 1.49. The van der Waals surface area contributed by atoms with Gasteiger partial charge in [-0.2, -0.15) is 0 Å². The van der Waals surface area contributed by atoms with Crippen molar-refractivity contribution >= 4 is 17.5 Å². The number of thioether (sulfide) groups is 1. The average molecular weight is 282 g/mol. The first-order chi connectivity index (χ1) is 9.11. The van der Waals surface area contributed by atoms with Crippen LogP contribution in [-0.2, 0) is 11.3 Å². The van der Waals surface area contributed by atoms with Crippen LogP contribution in [0.3, 0.4) is 0 Å². The van der Waals surface area contributed by atoms with Gasteiger partial charge in [-0.15, -0.1) is 10.2 Å². The third kappa shape index (κ3) is 3.57. The highest BCUT2D eigenvalue weighted by atomic mass is 32.2. The molecule has 0 unspecified atom stereocenters. The largest absolute Gasteiger partial charge is 0.305 e. The maximum atomic E-state index is 11.1. The summed E-state index contributed by atoms with van der Waals surface area (Å²) in [6.45, 7) is 9.03. The Hall–Kier alpha value is -0.880. The minimum atomic E-state index is 0.174. The molecule has 0 radical (unpaired) electrons. The molecule has 0 aliphatic carbocycles. The smallest absolute Gasteiger partial charge is 0.191 e. The third-order valence-corrected chi connectivity index (χ3v) is 4.72. The Morgan fingerprint density at radius 1 is 1.47 bits per heavy atom. The van der Waals surface area contributed by atoms with E-state index in [0.29, 0.717) is 11.8 Å². The lowest BCUT2D eigenvalue weighted by Crippen LogP contribution is -2.33. The summed E-state index contributed by atoms with van der Waals surface area (Å²) in [5, 5.41) is 9.21. The number of ketones is 1. The van der Waals surface area contributed by atoms with Crippen LogP contribution in [0.4, 0.5) is 0 Å². The molecule has 0 spiro atoms. The Morgan fingerprint density at radius 2 is 2.26 bits per heavy atom. The highest BCUT2D eigenvalue weighted by molar-refractivity contribution is 7.99.